The van der Waals surface area contributed by atoms with Crippen molar-refractivity contribution in [2.45, 2.75) is 45.8 Å². The van der Waals surface area contributed by atoms with Crippen molar-refractivity contribution >= 4 is 29.3 Å². The summed E-state index contributed by atoms with van der Waals surface area (Å²) in [4.78, 5) is 37.2. The average molecular weight is 448 g/mol. The zero-order valence-corrected chi connectivity index (χ0v) is 18.2. The summed E-state index contributed by atoms with van der Waals surface area (Å²) in [5.74, 6) is -2.81. The van der Waals surface area contributed by atoms with Crippen LogP contribution in [-0.2, 0) is 9.53 Å². The van der Waals surface area contributed by atoms with Crippen molar-refractivity contribution in [3.8, 4) is 0 Å². The molecule has 10 heteroatoms. The number of benzene rings is 2. The van der Waals surface area contributed by atoms with Crippen LogP contribution in [0, 0.1) is 11.6 Å². The Labute approximate surface area is 184 Å². The van der Waals surface area contributed by atoms with Crippen LogP contribution < -0.4 is 21.5 Å². The lowest BCUT2D eigenvalue weighted by Gasteiger charge is -2.23. The van der Waals surface area contributed by atoms with Crippen LogP contribution in [0.4, 0.5) is 25.0 Å². The Morgan fingerprint density at radius 3 is 2.25 bits per heavy atom. The number of carbonyl (C=O) groups excluding carboxylic acids is 3. The number of carbonyl (C=O) groups is 3. The summed E-state index contributed by atoms with van der Waals surface area (Å²) in [5, 5.41) is 5.10. The van der Waals surface area contributed by atoms with Crippen LogP contribution in [0.5, 0.6) is 0 Å². The topological polar surface area (TPSA) is 109 Å². The maximum Gasteiger partial charge on any atom is 0.408 e. The minimum absolute atomic E-state index is 0.00461. The molecule has 2 rings (SSSR count). The number of ether oxygens (including phenoxy) is 1. The Morgan fingerprint density at radius 2 is 1.66 bits per heavy atom. The minimum Gasteiger partial charge on any atom is -0.444 e. The summed E-state index contributed by atoms with van der Waals surface area (Å²) in [6, 6.07) is 7.99. The Hall–Kier alpha value is -3.69. The molecule has 2 aromatic rings. The SMILES string of the molecule is CC[C@H](NC(=O)OC(C)(C)C)C(=O)Nc1ccccc1C(=O)NNc1cc(F)cc(F)c1. The zero-order valence-electron chi connectivity index (χ0n) is 18.2. The molecule has 8 nitrogen and oxygen atoms in total. The van der Waals surface area contributed by atoms with Gasteiger partial charge in [0.05, 0.1) is 16.9 Å². The third-order valence-corrected chi connectivity index (χ3v) is 4.03. The molecule has 3 amide bonds. The van der Waals surface area contributed by atoms with E-state index in [2.05, 4.69) is 21.5 Å². The minimum atomic E-state index is -0.894. The lowest BCUT2D eigenvalue weighted by Crippen LogP contribution is -2.45. The second-order valence-electron chi connectivity index (χ2n) is 7.88. The van der Waals surface area contributed by atoms with Crippen molar-refractivity contribution in [2.75, 3.05) is 10.7 Å². The summed E-state index contributed by atoms with van der Waals surface area (Å²) >= 11 is 0. The fraction of sp³-hybridized carbons (Fsp3) is 0.318. The van der Waals surface area contributed by atoms with Gasteiger partial charge in [0.1, 0.15) is 23.3 Å². The number of hydrazine groups is 1. The number of amides is 3. The third-order valence-electron chi connectivity index (χ3n) is 4.03. The molecule has 0 unspecified atom stereocenters. The Kier molecular flexibility index (Phi) is 8.11. The van der Waals surface area contributed by atoms with E-state index in [1.165, 1.54) is 12.1 Å². The van der Waals surface area contributed by atoms with Gasteiger partial charge in [-0.3, -0.25) is 20.4 Å². The molecule has 0 aliphatic heterocycles. The summed E-state index contributed by atoms with van der Waals surface area (Å²) < 4.78 is 31.8. The first-order valence-corrected chi connectivity index (χ1v) is 9.90. The summed E-state index contributed by atoms with van der Waals surface area (Å²) in [6.45, 7) is 6.82. The molecule has 4 N–H and O–H groups in total. The predicted octanol–water partition coefficient (Wildman–Crippen LogP) is 3.96. The number of para-hydroxylation sites is 1. The molecule has 0 saturated carbocycles. The van der Waals surface area contributed by atoms with Crippen molar-refractivity contribution in [2.24, 2.45) is 0 Å². The van der Waals surface area contributed by atoms with E-state index >= 15 is 0 Å². The highest BCUT2D eigenvalue weighted by atomic mass is 19.1. The van der Waals surface area contributed by atoms with E-state index in [1.54, 1.807) is 39.8 Å². The number of halogens is 2. The average Bonchev–Trinajstić information content (AvgIpc) is 2.68. The van der Waals surface area contributed by atoms with Gasteiger partial charge in [-0.2, -0.15) is 0 Å². The molecule has 0 bridgehead atoms. The second kappa shape index (κ2) is 10.6. The van der Waals surface area contributed by atoms with E-state index < -0.39 is 41.2 Å². The van der Waals surface area contributed by atoms with Crippen molar-refractivity contribution < 1.29 is 27.9 Å². The highest BCUT2D eigenvalue weighted by molar-refractivity contribution is 6.05. The van der Waals surface area contributed by atoms with Crippen LogP contribution in [0.2, 0.25) is 0 Å². The molecule has 0 aliphatic carbocycles. The highest BCUT2D eigenvalue weighted by Crippen LogP contribution is 2.17. The first-order valence-electron chi connectivity index (χ1n) is 9.90. The number of hydrogen-bond donors (Lipinski definition) is 4. The van der Waals surface area contributed by atoms with Crippen LogP contribution >= 0.6 is 0 Å². The molecular formula is C22H26F2N4O4. The smallest absolute Gasteiger partial charge is 0.408 e. The van der Waals surface area contributed by atoms with Gasteiger partial charge in [0.25, 0.3) is 5.91 Å². The number of hydrogen-bond acceptors (Lipinski definition) is 5. The number of rotatable bonds is 7. The summed E-state index contributed by atoms with van der Waals surface area (Å²) in [6.07, 6.45) is -0.455. The van der Waals surface area contributed by atoms with Gasteiger partial charge in [0, 0.05) is 6.07 Å². The van der Waals surface area contributed by atoms with E-state index in [4.69, 9.17) is 4.74 Å². The highest BCUT2D eigenvalue weighted by Gasteiger charge is 2.24. The molecule has 0 aromatic heterocycles. The van der Waals surface area contributed by atoms with E-state index in [0.29, 0.717) is 6.07 Å². The normalized spacial score (nSPS) is 11.8. The predicted molar refractivity (Wildman–Crippen MR) is 116 cm³/mol. The van der Waals surface area contributed by atoms with E-state index in [9.17, 15) is 23.2 Å². The van der Waals surface area contributed by atoms with Gasteiger partial charge in [-0.15, -0.1) is 0 Å². The Balaban J connectivity index is 2.07. The maximum atomic E-state index is 13.3. The van der Waals surface area contributed by atoms with Crippen molar-refractivity contribution in [1.29, 1.82) is 0 Å². The lowest BCUT2D eigenvalue weighted by atomic mass is 10.1. The second-order valence-corrected chi connectivity index (χ2v) is 7.88. The van der Waals surface area contributed by atoms with Crippen LogP contribution in [0.3, 0.4) is 0 Å². The first-order chi connectivity index (χ1) is 15.0. The van der Waals surface area contributed by atoms with Crippen molar-refractivity contribution in [3.05, 3.63) is 59.7 Å². The van der Waals surface area contributed by atoms with Gasteiger partial charge in [-0.05, 0) is 51.5 Å². The number of anilines is 2. The zero-order chi connectivity index (χ0) is 23.9. The molecule has 0 radical (unpaired) electrons. The summed E-state index contributed by atoms with van der Waals surface area (Å²) in [5.41, 5.74) is 4.31. The first kappa shape index (κ1) is 24.6. The van der Waals surface area contributed by atoms with E-state index in [0.717, 1.165) is 12.1 Å². The van der Waals surface area contributed by atoms with Gasteiger partial charge in [0.15, 0.2) is 0 Å². The molecule has 2 aromatic carbocycles. The van der Waals surface area contributed by atoms with Gasteiger partial charge in [-0.1, -0.05) is 19.1 Å². The standard InChI is InChI=1S/C22H26F2N4O4/c1-5-17(26-21(31)32-22(2,3)4)20(30)25-18-9-7-6-8-16(18)19(29)28-27-15-11-13(23)10-14(24)12-15/h6-12,17,27H,5H2,1-4H3,(H,25,30)(H,26,31)(H,28,29)/t17-/m0/s1. The number of alkyl carbamates (subject to hydrolysis) is 1. The molecule has 1 atom stereocenters. The quantitative estimate of drug-likeness (QED) is 0.480. The van der Waals surface area contributed by atoms with Gasteiger partial charge in [0.2, 0.25) is 5.91 Å². The monoisotopic (exact) mass is 448 g/mol. The van der Waals surface area contributed by atoms with Gasteiger partial charge >= 0.3 is 6.09 Å². The van der Waals surface area contributed by atoms with E-state index in [-0.39, 0.29) is 23.4 Å². The van der Waals surface area contributed by atoms with Crippen LogP contribution in [-0.4, -0.2) is 29.6 Å². The molecule has 32 heavy (non-hydrogen) atoms. The van der Waals surface area contributed by atoms with Crippen LogP contribution in [0.15, 0.2) is 42.5 Å². The molecule has 0 heterocycles. The van der Waals surface area contributed by atoms with Crippen LogP contribution in [0.25, 0.3) is 0 Å². The fourth-order valence-corrected chi connectivity index (χ4v) is 2.64. The molecule has 0 spiro atoms. The van der Waals surface area contributed by atoms with Gasteiger partial charge < -0.3 is 15.4 Å². The molecule has 0 fully saturated rings. The molecular weight excluding hydrogens is 422 g/mol. The largest absolute Gasteiger partial charge is 0.444 e. The van der Waals surface area contributed by atoms with E-state index in [1.807, 2.05) is 0 Å². The summed E-state index contributed by atoms with van der Waals surface area (Å²) in [7, 11) is 0. The van der Waals surface area contributed by atoms with Gasteiger partial charge in [-0.25, -0.2) is 13.6 Å². The van der Waals surface area contributed by atoms with Crippen molar-refractivity contribution in [1.82, 2.24) is 10.7 Å². The Bertz CT molecular complexity index is 972. The molecule has 0 saturated heterocycles. The number of nitrogens with one attached hydrogen (secondary N) is 4. The molecule has 0 aliphatic rings. The lowest BCUT2D eigenvalue weighted by molar-refractivity contribution is -0.118. The Morgan fingerprint density at radius 1 is 1.03 bits per heavy atom. The van der Waals surface area contributed by atoms with Crippen LogP contribution in [0.1, 0.15) is 44.5 Å². The third kappa shape index (κ3) is 7.53. The maximum absolute atomic E-state index is 13.3. The fourth-order valence-electron chi connectivity index (χ4n) is 2.64. The van der Waals surface area contributed by atoms with Crippen molar-refractivity contribution in [3.63, 3.8) is 0 Å². The molecule has 172 valence electrons.